The molecule has 0 fully saturated rings. The van der Waals surface area contributed by atoms with Gasteiger partial charge in [0, 0.05) is 5.69 Å². The number of carbonyl (C=O) groups excluding carboxylic acids is 1. The highest BCUT2D eigenvalue weighted by atomic mass is 35.5. The number of nitrogens with one attached hydrogen (secondary N) is 1. The van der Waals surface area contributed by atoms with Crippen molar-refractivity contribution in [2.75, 3.05) is 11.2 Å². The Kier molecular flexibility index (Phi) is 5.19. The monoisotopic (exact) mass is 281 g/mol. The van der Waals surface area contributed by atoms with Gasteiger partial charge in [0.1, 0.15) is 6.10 Å². The van der Waals surface area contributed by atoms with Gasteiger partial charge in [-0.25, -0.2) is 4.79 Å². The first kappa shape index (κ1) is 13.4. The fourth-order valence-electron chi connectivity index (χ4n) is 0.935. The van der Waals surface area contributed by atoms with Crippen molar-refractivity contribution >= 4 is 46.6 Å². The fraction of sp³-hybridized carbons (Fsp3) is 0.300. The molecule has 6 heteroatoms. The van der Waals surface area contributed by atoms with Crippen LogP contribution >= 0.6 is 34.8 Å². The Morgan fingerprint density at radius 1 is 1.44 bits per heavy atom. The Morgan fingerprint density at radius 3 is 2.69 bits per heavy atom. The fourth-order valence-corrected chi connectivity index (χ4v) is 1.30. The molecule has 1 aromatic carbocycles. The molecule has 16 heavy (non-hydrogen) atoms. The minimum atomic E-state index is -0.577. The minimum Gasteiger partial charge on any atom is -0.445 e. The summed E-state index contributed by atoms with van der Waals surface area (Å²) >= 11 is 17.0. The maximum atomic E-state index is 11.3. The zero-order valence-corrected chi connectivity index (χ0v) is 10.7. The number of halogens is 3. The van der Waals surface area contributed by atoms with Crippen molar-refractivity contribution in [1.82, 2.24) is 0 Å². The first-order valence-electron chi connectivity index (χ1n) is 4.51. The van der Waals surface area contributed by atoms with Crippen LogP contribution in [-0.4, -0.2) is 18.1 Å². The van der Waals surface area contributed by atoms with E-state index in [4.69, 9.17) is 39.5 Å². The number of alkyl halides is 1. The average Bonchev–Trinajstić information content (AvgIpc) is 2.23. The lowest BCUT2D eigenvalue weighted by Crippen LogP contribution is -2.21. The van der Waals surface area contributed by atoms with Gasteiger partial charge in [0.05, 0.1) is 15.9 Å². The number of ether oxygens (including phenoxy) is 1. The van der Waals surface area contributed by atoms with Gasteiger partial charge in [-0.15, -0.1) is 11.6 Å². The summed E-state index contributed by atoms with van der Waals surface area (Å²) in [6, 6.07) is 4.75. The smallest absolute Gasteiger partial charge is 0.411 e. The van der Waals surface area contributed by atoms with Crippen LogP contribution in [0.5, 0.6) is 0 Å². The lowest BCUT2D eigenvalue weighted by atomic mass is 10.3. The van der Waals surface area contributed by atoms with E-state index < -0.39 is 6.09 Å². The Bertz CT molecular complexity index is 384. The van der Waals surface area contributed by atoms with Crippen LogP contribution in [0.25, 0.3) is 0 Å². The molecule has 0 saturated carbocycles. The molecule has 1 atom stereocenters. The Balaban J connectivity index is 2.59. The molecule has 1 N–H and O–H groups in total. The van der Waals surface area contributed by atoms with E-state index in [2.05, 4.69) is 5.32 Å². The third-order valence-corrected chi connectivity index (χ3v) is 2.87. The molecule has 88 valence electrons. The van der Waals surface area contributed by atoms with Crippen LogP contribution in [0.3, 0.4) is 0 Å². The van der Waals surface area contributed by atoms with Gasteiger partial charge in [0.25, 0.3) is 0 Å². The minimum absolute atomic E-state index is 0.245. The largest absolute Gasteiger partial charge is 0.445 e. The molecule has 0 radical (unpaired) electrons. The predicted molar refractivity (Wildman–Crippen MR) is 66.7 cm³/mol. The zero-order valence-electron chi connectivity index (χ0n) is 8.47. The Labute approximate surface area is 109 Å². The van der Waals surface area contributed by atoms with E-state index in [1.165, 1.54) is 6.07 Å². The lowest BCUT2D eigenvalue weighted by Gasteiger charge is -2.11. The number of hydrogen-bond donors (Lipinski definition) is 1. The van der Waals surface area contributed by atoms with Crippen LogP contribution in [0.4, 0.5) is 10.5 Å². The summed E-state index contributed by atoms with van der Waals surface area (Å²) in [6.45, 7) is 1.70. The van der Waals surface area contributed by atoms with Crippen molar-refractivity contribution in [3.8, 4) is 0 Å². The second-order valence-electron chi connectivity index (χ2n) is 3.12. The molecule has 1 aromatic rings. The summed E-state index contributed by atoms with van der Waals surface area (Å²) in [5.41, 5.74) is 0.515. The molecule has 0 aliphatic heterocycles. The summed E-state index contributed by atoms with van der Waals surface area (Å²) < 4.78 is 4.92. The van der Waals surface area contributed by atoms with Crippen LogP contribution in [0.1, 0.15) is 6.92 Å². The lowest BCUT2D eigenvalue weighted by molar-refractivity contribution is 0.131. The van der Waals surface area contributed by atoms with Crippen molar-refractivity contribution in [1.29, 1.82) is 0 Å². The summed E-state index contributed by atoms with van der Waals surface area (Å²) in [5.74, 6) is 0.245. The van der Waals surface area contributed by atoms with E-state index in [1.54, 1.807) is 19.1 Å². The SMILES string of the molecule is CC(CCl)OC(=O)Nc1ccc(Cl)c(Cl)c1. The highest BCUT2D eigenvalue weighted by Gasteiger charge is 2.09. The molecular formula is C10H10Cl3NO2. The first-order valence-corrected chi connectivity index (χ1v) is 5.80. The number of benzene rings is 1. The molecule has 0 spiro atoms. The van der Waals surface area contributed by atoms with Gasteiger partial charge >= 0.3 is 6.09 Å². The summed E-state index contributed by atoms with van der Waals surface area (Å²) in [4.78, 5) is 11.3. The average molecular weight is 283 g/mol. The van der Waals surface area contributed by atoms with Gasteiger partial charge in [-0.1, -0.05) is 23.2 Å². The third-order valence-electron chi connectivity index (χ3n) is 1.69. The zero-order chi connectivity index (χ0) is 12.1. The highest BCUT2D eigenvalue weighted by Crippen LogP contribution is 2.25. The van der Waals surface area contributed by atoms with Crippen LogP contribution in [-0.2, 0) is 4.74 Å². The number of rotatable bonds is 3. The van der Waals surface area contributed by atoms with Crippen molar-refractivity contribution in [3.63, 3.8) is 0 Å². The quantitative estimate of drug-likeness (QED) is 0.845. The molecule has 1 unspecified atom stereocenters. The predicted octanol–water partition coefficient (Wildman–Crippen LogP) is 4.17. The van der Waals surface area contributed by atoms with Crippen LogP contribution in [0.15, 0.2) is 18.2 Å². The van der Waals surface area contributed by atoms with E-state index in [9.17, 15) is 4.79 Å². The Morgan fingerprint density at radius 2 is 2.12 bits per heavy atom. The van der Waals surface area contributed by atoms with E-state index in [-0.39, 0.29) is 12.0 Å². The molecule has 1 amide bonds. The van der Waals surface area contributed by atoms with Crippen molar-refractivity contribution < 1.29 is 9.53 Å². The summed E-state index contributed by atoms with van der Waals surface area (Å²) in [7, 11) is 0. The van der Waals surface area contributed by atoms with Crippen LogP contribution in [0, 0.1) is 0 Å². The number of amides is 1. The molecule has 0 saturated heterocycles. The summed E-state index contributed by atoms with van der Waals surface area (Å²) in [6.07, 6.45) is -0.920. The van der Waals surface area contributed by atoms with Crippen LogP contribution < -0.4 is 5.32 Å². The van der Waals surface area contributed by atoms with Gasteiger partial charge in [0.2, 0.25) is 0 Å². The van der Waals surface area contributed by atoms with Gasteiger partial charge in [-0.3, -0.25) is 5.32 Å². The molecule has 0 aromatic heterocycles. The number of carbonyl (C=O) groups is 1. The summed E-state index contributed by atoms with van der Waals surface area (Å²) in [5, 5.41) is 3.30. The Hall–Kier alpha value is -0.640. The van der Waals surface area contributed by atoms with E-state index in [0.29, 0.717) is 15.7 Å². The molecule has 0 heterocycles. The number of anilines is 1. The molecular weight excluding hydrogens is 272 g/mol. The molecule has 0 aliphatic carbocycles. The van der Waals surface area contributed by atoms with Gasteiger partial charge in [0.15, 0.2) is 0 Å². The van der Waals surface area contributed by atoms with Gasteiger partial charge < -0.3 is 4.74 Å². The molecule has 1 rings (SSSR count). The van der Waals surface area contributed by atoms with Crippen molar-refractivity contribution in [2.45, 2.75) is 13.0 Å². The normalized spacial score (nSPS) is 12.0. The van der Waals surface area contributed by atoms with Gasteiger partial charge in [-0.05, 0) is 25.1 Å². The van der Waals surface area contributed by atoms with E-state index >= 15 is 0 Å². The second kappa shape index (κ2) is 6.18. The topological polar surface area (TPSA) is 38.3 Å². The van der Waals surface area contributed by atoms with Crippen LogP contribution in [0.2, 0.25) is 10.0 Å². The van der Waals surface area contributed by atoms with Crippen molar-refractivity contribution in [3.05, 3.63) is 28.2 Å². The molecule has 3 nitrogen and oxygen atoms in total. The van der Waals surface area contributed by atoms with Gasteiger partial charge in [-0.2, -0.15) is 0 Å². The maximum Gasteiger partial charge on any atom is 0.411 e. The molecule has 0 bridgehead atoms. The molecule has 0 aliphatic rings. The number of hydrogen-bond acceptors (Lipinski definition) is 2. The first-order chi connectivity index (χ1) is 7.52. The van der Waals surface area contributed by atoms with E-state index in [1.807, 2.05) is 0 Å². The third kappa shape index (κ3) is 4.08. The van der Waals surface area contributed by atoms with Crippen molar-refractivity contribution in [2.24, 2.45) is 0 Å². The highest BCUT2D eigenvalue weighted by molar-refractivity contribution is 6.42. The van der Waals surface area contributed by atoms with E-state index in [0.717, 1.165) is 0 Å². The maximum absolute atomic E-state index is 11.3. The second-order valence-corrected chi connectivity index (χ2v) is 4.25. The standard InChI is InChI=1S/C10H10Cl3NO2/c1-6(5-11)16-10(15)14-7-2-3-8(12)9(13)4-7/h2-4,6H,5H2,1H3,(H,14,15).